The lowest BCUT2D eigenvalue weighted by Crippen LogP contribution is -1.85. The molecule has 0 saturated carbocycles. The summed E-state index contributed by atoms with van der Waals surface area (Å²) in [4.78, 5) is 8.20. The molecule has 0 atom stereocenters. The molecule has 0 radical (unpaired) electrons. The van der Waals surface area contributed by atoms with Gasteiger partial charge in [0, 0.05) is 27.6 Å². The fourth-order valence-corrected chi connectivity index (χ4v) is 2.80. The number of benzene rings is 1. The van der Waals surface area contributed by atoms with Crippen LogP contribution in [-0.4, -0.2) is 9.97 Å². The molecule has 2 rings (SSSR count). The van der Waals surface area contributed by atoms with Crippen LogP contribution in [-0.2, 0) is 5.75 Å². The van der Waals surface area contributed by atoms with Crippen molar-refractivity contribution in [3.05, 3.63) is 51.8 Å². The number of rotatable bonds is 3. The fraction of sp³-hybridized carbons (Fsp3) is 0.0909. The van der Waals surface area contributed by atoms with Gasteiger partial charge in [0.15, 0.2) is 0 Å². The Balaban J connectivity index is 2.05. The highest BCUT2D eigenvalue weighted by molar-refractivity contribution is 9.10. The van der Waals surface area contributed by atoms with E-state index in [4.69, 9.17) is 11.6 Å². The minimum atomic E-state index is 0.769. The summed E-state index contributed by atoms with van der Waals surface area (Å²) in [5.74, 6) is 0.796. The molecular weight excluding hydrogens is 308 g/mol. The standard InChI is InChI=1S/C11H8BrClN2S/c12-9-2-1-8(10(13)5-9)7-16-11-6-14-3-4-15-11/h1-6H,7H2. The largest absolute Gasteiger partial charge is 0.260 e. The van der Waals surface area contributed by atoms with Crippen molar-refractivity contribution in [1.29, 1.82) is 0 Å². The first-order valence-corrected chi connectivity index (χ1v) is 6.74. The number of halogens is 2. The first kappa shape index (κ1) is 11.9. The van der Waals surface area contributed by atoms with E-state index >= 15 is 0 Å². The Kier molecular flexibility index (Phi) is 4.21. The molecule has 0 aliphatic rings. The molecule has 5 heteroatoms. The van der Waals surface area contributed by atoms with Crippen LogP contribution in [0.1, 0.15) is 5.56 Å². The second-order valence-electron chi connectivity index (χ2n) is 3.07. The summed E-state index contributed by atoms with van der Waals surface area (Å²) in [5.41, 5.74) is 1.10. The van der Waals surface area contributed by atoms with Gasteiger partial charge in [-0.25, -0.2) is 4.98 Å². The van der Waals surface area contributed by atoms with Gasteiger partial charge in [-0.3, -0.25) is 4.98 Å². The summed E-state index contributed by atoms with van der Waals surface area (Å²) in [6, 6.07) is 5.89. The number of thioether (sulfide) groups is 1. The highest BCUT2D eigenvalue weighted by Gasteiger charge is 2.02. The monoisotopic (exact) mass is 314 g/mol. The Bertz CT molecular complexity index is 479. The lowest BCUT2D eigenvalue weighted by atomic mass is 10.2. The average Bonchev–Trinajstić information content (AvgIpc) is 2.29. The molecule has 1 heterocycles. The van der Waals surface area contributed by atoms with E-state index in [1.807, 2.05) is 18.2 Å². The van der Waals surface area contributed by atoms with Gasteiger partial charge in [-0.05, 0) is 17.7 Å². The zero-order valence-corrected chi connectivity index (χ0v) is 11.4. The van der Waals surface area contributed by atoms with E-state index < -0.39 is 0 Å². The van der Waals surface area contributed by atoms with Crippen LogP contribution >= 0.6 is 39.3 Å². The molecule has 0 bridgehead atoms. The van der Waals surface area contributed by atoms with Gasteiger partial charge >= 0.3 is 0 Å². The summed E-state index contributed by atoms with van der Waals surface area (Å²) in [7, 11) is 0. The molecule has 0 aliphatic carbocycles. The number of aromatic nitrogens is 2. The molecule has 0 unspecified atom stereocenters. The summed E-state index contributed by atoms with van der Waals surface area (Å²) in [6.45, 7) is 0. The van der Waals surface area contributed by atoms with E-state index in [1.54, 1.807) is 30.4 Å². The zero-order valence-electron chi connectivity index (χ0n) is 8.23. The van der Waals surface area contributed by atoms with Crippen LogP contribution in [0.4, 0.5) is 0 Å². The third-order valence-electron chi connectivity index (χ3n) is 1.93. The minimum Gasteiger partial charge on any atom is -0.260 e. The molecule has 1 aromatic carbocycles. The topological polar surface area (TPSA) is 25.8 Å². The molecule has 0 fully saturated rings. The fourth-order valence-electron chi connectivity index (χ4n) is 1.15. The van der Waals surface area contributed by atoms with Crippen LogP contribution in [0.25, 0.3) is 0 Å². The van der Waals surface area contributed by atoms with Crippen LogP contribution in [0.15, 0.2) is 46.3 Å². The van der Waals surface area contributed by atoms with E-state index in [1.165, 1.54) is 0 Å². The van der Waals surface area contributed by atoms with Gasteiger partial charge in [0.1, 0.15) is 5.03 Å². The third kappa shape index (κ3) is 3.20. The molecule has 0 N–H and O–H groups in total. The molecule has 1 aromatic heterocycles. The normalized spacial score (nSPS) is 10.4. The Hall–Kier alpha value is -0.580. The predicted molar refractivity (Wildman–Crippen MR) is 70.7 cm³/mol. The minimum absolute atomic E-state index is 0.769. The van der Waals surface area contributed by atoms with Gasteiger partial charge < -0.3 is 0 Å². The van der Waals surface area contributed by atoms with Crippen molar-refractivity contribution in [3.8, 4) is 0 Å². The molecule has 82 valence electrons. The Morgan fingerprint density at radius 3 is 2.88 bits per heavy atom. The van der Waals surface area contributed by atoms with Gasteiger partial charge in [0.2, 0.25) is 0 Å². The van der Waals surface area contributed by atoms with Crippen LogP contribution in [0.3, 0.4) is 0 Å². The molecule has 0 saturated heterocycles. The molecular formula is C11H8BrClN2S. The summed E-state index contributed by atoms with van der Waals surface area (Å²) in [6.07, 6.45) is 5.10. The lowest BCUT2D eigenvalue weighted by molar-refractivity contribution is 1.05. The van der Waals surface area contributed by atoms with Gasteiger partial charge in [-0.1, -0.05) is 33.6 Å². The van der Waals surface area contributed by atoms with Crippen molar-refractivity contribution in [2.24, 2.45) is 0 Å². The number of hydrogen-bond donors (Lipinski definition) is 0. The first-order valence-electron chi connectivity index (χ1n) is 4.58. The smallest absolute Gasteiger partial charge is 0.115 e. The molecule has 0 aliphatic heterocycles. The summed E-state index contributed by atoms with van der Waals surface area (Å²) >= 11 is 11.1. The zero-order chi connectivity index (χ0) is 11.4. The van der Waals surface area contributed by atoms with Crippen LogP contribution < -0.4 is 0 Å². The maximum Gasteiger partial charge on any atom is 0.115 e. The van der Waals surface area contributed by atoms with Gasteiger partial charge in [-0.15, -0.1) is 11.8 Å². The Morgan fingerprint density at radius 2 is 2.19 bits per heavy atom. The highest BCUT2D eigenvalue weighted by Crippen LogP contribution is 2.27. The number of nitrogens with zero attached hydrogens (tertiary/aromatic N) is 2. The van der Waals surface area contributed by atoms with Gasteiger partial charge in [-0.2, -0.15) is 0 Å². The summed E-state index contributed by atoms with van der Waals surface area (Å²) in [5, 5.41) is 1.67. The Morgan fingerprint density at radius 1 is 1.31 bits per heavy atom. The molecule has 0 amide bonds. The molecule has 2 nitrogen and oxygen atoms in total. The second kappa shape index (κ2) is 5.66. The maximum atomic E-state index is 6.12. The van der Waals surface area contributed by atoms with Crippen molar-refractivity contribution >= 4 is 39.3 Å². The molecule has 2 aromatic rings. The van der Waals surface area contributed by atoms with E-state index in [0.717, 1.165) is 25.8 Å². The lowest BCUT2D eigenvalue weighted by Gasteiger charge is -2.03. The van der Waals surface area contributed by atoms with E-state index in [2.05, 4.69) is 25.9 Å². The predicted octanol–water partition coefficient (Wildman–Crippen LogP) is 4.18. The maximum absolute atomic E-state index is 6.12. The Labute approximate surface area is 112 Å². The SMILES string of the molecule is Clc1cc(Br)ccc1CSc1cnccn1. The van der Waals surface area contributed by atoms with Crippen molar-refractivity contribution in [2.45, 2.75) is 10.8 Å². The van der Waals surface area contributed by atoms with Crippen molar-refractivity contribution in [2.75, 3.05) is 0 Å². The molecule has 0 spiro atoms. The molecule has 16 heavy (non-hydrogen) atoms. The van der Waals surface area contributed by atoms with Crippen LogP contribution in [0.5, 0.6) is 0 Å². The quantitative estimate of drug-likeness (QED) is 0.794. The van der Waals surface area contributed by atoms with Gasteiger partial charge in [0.25, 0.3) is 0 Å². The second-order valence-corrected chi connectivity index (χ2v) is 5.39. The van der Waals surface area contributed by atoms with E-state index in [-0.39, 0.29) is 0 Å². The number of hydrogen-bond acceptors (Lipinski definition) is 3. The van der Waals surface area contributed by atoms with E-state index in [9.17, 15) is 0 Å². The third-order valence-corrected chi connectivity index (χ3v) is 3.74. The van der Waals surface area contributed by atoms with Crippen LogP contribution in [0.2, 0.25) is 5.02 Å². The van der Waals surface area contributed by atoms with Crippen molar-refractivity contribution < 1.29 is 0 Å². The van der Waals surface area contributed by atoms with Crippen molar-refractivity contribution in [1.82, 2.24) is 9.97 Å². The van der Waals surface area contributed by atoms with Crippen molar-refractivity contribution in [3.63, 3.8) is 0 Å². The van der Waals surface area contributed by atoms with Gasteiger partial charge in [0.05, 0.1) is 6.20 Å². The first-order chi connectivity index (χ1) is 7.75. The van der Waals surface area contributed by atoms with Crippen LogP contribution in [0, 0.1) is 0 Å². The van der Waals surface area contributed by atoms with E-state index in [0.29, 0.717) is 0 Å². The summed E-state index contributed by atoms with van der Waals surface area (Å²) < 4.78 is 0.991. The highest BCUT2D eigenvalue weighted by atomic mass is 79.9. The average molecular weight is 316 g/mol.